The van der Waals surface area contributed by atoms with E-state index < -0.39 is 5.97 Å². The van der Waals surface area contributed by atoms with Gasteiger partial charge in [-0.2, -0.15) is 0 Å². The van der Waals surface area contributed by atoms with E-state index in [1.807, 2.05) is 85.8 Å². The third-order valence-electron chi connectivity index (χ3n) is 5.59. The van der Waals surface area contributed by atoms with Crippen molar-refractivity contribution in [3.63, 3.8) is 0 Å². The molecule has 0 bridgehead atoms. The number of fused-ring (bicyclic) bond motifs is 1. The smallest absolute Gasteiger partial charge is 0.339 e. The number of nitrogens with one attached hydrogen (secondary N) is 1. The summed E-state index contributed by atoms with van der Waals surface area (Å²) in [7, 11) is 0. The molecule has 5 nitrogen and oxygen atoms in total. The van der Waals surface area contributed by atoms with Gasteiger partial charge in [0.05, 0.1) is 16.8 Å². The first-order valence-corrected chi connectivity index (χ1v) is 12.6. The minimum atomic E-state index is -0.500. The molecule has 4 rings (SSSR count). The first-order chi connectivity index (χ1) is 17.1. The van der Waals surface area contributed by atoms with Gasteiger partial charge in [0.1, 0.15) is 0 Å². The molecule has 1 amide bonds. The number of carbonyl (C=O) groups is 2. The number of hydrogen-bond donors (Lipinski definition) is 1. The summed E-state index contributed by atoms with van der Waals surface area (Å²) < 4.78 is 5.52. The number of aryl methyl sites for hydroxylation is 1. The minimum Gasteiger partial charge on any atom is -0.452 e. The van der Waals surface area contributed by atoms with E-state index in [4.69, 9.17) is 9.72 Å². The van der Waals surface area contributed by atoms with Crippen molar-refractivity contribution in [2.45, 2.75) is 42.9 Å². The first-order valence-electron chi connectivity index (χ1n) is 11.8. The Morgan fingerprint density at radius 3 is 2.40 bits per heavy atom. The van der Waals surface area contributed by atoms with Crippen LogP contribution >= 0.6 is 11.8 Å². The average Bonchev–Trinajstić information content (AvgIpc) is 2.88. The van der Waals surface area contributed by atoms with Crippen molar-refractivity contribution in [1.29, 1.82) is 0 Å². The second kappa shape index (κ2) is 11.7. The second-order valence-corrected chi connectivity index (χ2v) is 9.18. The van der Waals surface area contributed by atoms with Gasteiger partial charge in [0.2, 0.25) is 0 Å². The molecule has 35 heavy (non-hydrogen) atoms. The Bertz CT molecular complexity index is 1340. The fourth-order valence-electron chi connectivity index (χ4n) is 4.02. The number of hydrogen-bond acceptors (Lipinski definition) is 5. The third-order valence-corrected chi connectivity index (χ3v) is 6.67. The molecule has 0 atom stereocenters. The quantitative estimate of drug-likeness (QED) is 0.268. The van der Waals surface area contributed by atoms with Crippen LogP contribution in [-0.2, 0) is 22.4 Å². The number of anilines is 1. The molecule has 0 radical (unpaired) electrons. The Balaban J connectivity index is 1.51. The minimum absolute atomic E-state index is 0.369. The van der Waals surface area contributed by atoms with Crippen molar-refractivity contribution < 1.29 is 14.3 Å². The van der Waals surface area contributed by atoms with Crippen LogP contribution < -0.4 is 5.32 Å². The van der Waals surface area contributed by atoms with Gasteiger partial charge in [-0.3, -0.25) is 9.78 Å². The van der Waals surface area contributed by atoms with Crippen LogP contribution in [0.5, 0.6) is 0 Å². The summed E-state index contributed by atoms with van der Waals surface area (Å²) in [5.41, 5.74) is 3.75. The van der Waals surface area contributed by atoms with E-state index in [1.54, 1.807) is 11.8 Å². The molecule has 1 aromatic heterocycles. The molecule has 6 heteroatoms. The summed E-state index contributed by atoms with van der Waals surface area (Å²) in [5, 5.41) is 3.63. The standard InChI is InChI=1S/C29H28N2O3S/c1-3-12-23-21(4-2)28(22-15-8-9-16-24(22)30-23)29(33)34-19-27(32)31-25-17-10-11-18-26(25)35-20-13-6-5-7-14-20/h5-11,13-18H,3-4,12,19H2,1-2H3,(H,31,32). The van der Waals surface area contributed by atoms with Crippen molar-refractivity contribution in [3.8, 4) is 0 Å². The number of nitrogens with zero attached hydrogens (tertiary/aromatic N) is 1. The van der Waals surface area contributed by atoms with Gasteiger partial charge >= 0.3 is 5.97 Å². The van der Waals surface area contributed by atoms with E-state index in [0.29, 0.717) is 17.7 Å². The summed E-state index contributed by atoms with van der Waals surface area (Å²) in [6.07, 6.45) is 2.37. The van der Waals surface area contributed by atoms with Crippen LogP contribution in [-0.4, -0.2) is 23.5 Å². The number of ether oxygens (including phenoxy) is 1. The SMILES string of the molecule is CCCc1nc2ccccc2c(C(=O)OCC(=O)Nc2ccccc2Sc2ccccc2)c1CC. The Morgan fingerprint density at radius 1 is 0.914 bits per heavy atom. The Labute approximate surface area is 209 Å². The summed E-state index contributed by atoms with van der Waals surface area (Å²) in [6, 6.07) is 25.1. The zero-order valence-electron chi connectivity index (χ0n) is 19.9. The van der Waals surface area contributed by atoms with Crippen LogP contribution in [0.2, 0.25) is 0 Å². The Kier molecular flexibility index (Phi) is 8.16. The zero-order valence-corrected chi connectivity index (χ0v) is 20.7. The van der Waals surface area contributed by atoms with Gasteiger partial charge in [-0.15, -0.1) is 0 Å². The van der Waals surface area contributed by atoms with Gasteiger partial charge in [-0.05, 0) is 48.7 Å². The molecule has 4 aromatic rings. The molecule has 1 N–H and O–H groups in total. The van der Waals surface area contributed by atoms with Gasteiger partial charge in [0.15, 0.2) is 6.61 Å². The van der Waals surface area contributed by atoms with Crippen LogP contribution in [0.3, 0.4) is 0 Å². The number of rotatable bonds is 9. The van der Waals surface area contributed by atoms with Crippen molar-refractivity contribution in [2.24, 2.45) is 0 Å². The molecule has 0 spiro atoms. The molecule has 0 fully saturated rings. The molecular formula is C29H28N2O3S. The molecule has 178 valence electrons. The maximum atomic E-state index is 13.2. The van der Waals surface area contributed by atoms with Crippen molar-refractivity contribution in [1.82, 2.24) is 4.98 Å². The lowest BCUT2D eigenvalue weighted by Gasteiger charge is -2.16. The van der Waals surface area contributed by atoms with Crippen molar-refractivity contribution in [3.05, 3.63) is 95.7 Å². The molecule has 0 aliphatic rings. The van der Waals surface area contributed by atoms with Crippen LogP contribution in [0.15, 0.2) is 88.7 Å². The van der Waals surface area contributed by atoms with Gasteiger partial charge in [-0.25, -0.2) is 4.79 Å². The fourth-order valence-corrected chi connectivity index (χ4v) is 4.95. The van der Waals surface area contributed by atoms with E-state index in [0.717, 1.165) is 44.8 Å². The largest absolute Gasteiger partial charge is 0.452 e. The van der Waals surface area contributed by atoms with Crippen molar-refractivity contribution in [2.75, 3.05) is 11.9 Å². The van der Waals surface area contributed by atoms with E-state index in [1.165, 1.54) is 0 Å². The number of pyridine rings is 1. The average molecular weight is 485 g/mol. The Hall–Kier alpha value is -3.64. The van der Waals surface area contributed by atoms with Crippen LogP contribution in [0.1, 0.15) is 41.9 Å². The molecular weight excluding hydrogens is 456 g/mol. The zero-order chi connectivity index (χ0) is 24.6. The normalized spacial score (nSPS) is 10.8. The molecule has 1 heterocycles. The lowest BCUT2D eigenvalue weighted by Crippen LogP contribution is -2.22. The lowest BCUT2D eigenvalue weighted by molar-refractivity contribution is -0.119. The highest BCUT2D eigenvalue weighted by Crippen LogP contribution is 2.33. The van der Waals surface area contributed by atoms with E-state index in [2.05, 4.69) is 12.2 Å². The van der Waals surface area contributed by atoms with E-state index >= 15 is 0 Å². The van der Waals surface area contributed by atoms with Gasteiger partial charge in [0, 0.05) is 20.9 Å². The fraction of sp³-hybridized carbons (Fsp3) is 0.207. The highest BCUT2D eigenvalue weighted by molar-refractivity contribution is 7.99. The molecule has 3 aromatic carbocycles. The number of aromatic nitrogens is 1. The first kappa shape index (κ1) is 24.5. The summed E-state index contributed by atoms with van der Waals surface area (Å²) in [4.78, 5) is 32.7. The van der Waals surface area contributed by atoms with E-state index in [9.17, 15) is 9.59 Å². The second-order valence-electron chi connectivity index (χ2n) is 8.07. The molecule has 0 aliphatic carbocycles. The molecule has 0 saturated carbocycles. The number of amides is 1. The van der Waals surface area contributed by atoms with Crippen molar-refractivity contribution >= 4 is 40.2 Å². The maximum Gasteiger partial charge on any atom is 0.339 e. The number of esters is 1. The number of benzene rings is 3. The molecule has 0 saturated heterocycles. The van der Waals surface area contributed by atoms with E-state index in [-0.39, 0.29) is 12.5 Å². The topological polar surface area (TPSA) is 68.3 Å². The third kappa shape index (κ3) is 5.89. The summed E-state index contributed by atoms with van der Waals surface area (Å²) in [5.74, 6) is -0.885. The van der Waals surface area contributed by atoms with Gasteiger partial charge in [0.25, 0.3) is 5.91 Å². The highest BCUT2D eigenvalue weighted by Gasteiger charge is 2.21. The molecule has 0 aliphatic heterocycles. The molecule has 0 unspecified atom stereocenters. The van der Waals surface area contributed by atoms with Gasteiger partial charge in [-0.1, -0.05) is 80.6 Å². The maximum absolute atomic E-state index is 13.2. The monoisotopic (exact) mass is 484 g/mol. The Morgan fingerprint density at radius 2 is 1.63 bits per heavy atom. The summed E-state index contributed by atoms with van der Waals surface area (Å²) >= 11 is 1.56. The van der Waals surface area contributed by atoms with Crippen LogP contribution in [0.25, 0.3) is 10.9 Å². The predicted molar refractivity (Wildman–Crippen MR) is 141 cm³/mol. The summed E-state index contributed by atoms with van der Waals surface area (Å²) in [6.45, 7) is 3.73. The van der Waals surface area contributed by atoms with Gasteiger partial charge < -0.3 is 10.1 Å². The highest BCUT2D eigenvalue weighted by atomic mass is 32.2. The van der Waals surface area contributed by atoms with Crippen LogP contribution in [0, 0.1) is 0 Å². The lowest BCUT2D eigenvalue weighted by atomic mass is 9.96. The predicted octanol–water partition coefficient (Wildman–Crippen LogP) is 6.70. The number of carbonyl (C=O) groups excluding carboxylic acids is 2. The number of para-hydroxylation sites is 2. The van der Waals surface area contributed by atoms with Crippen LogP contribution in [0.4, 0.5) is 5.69 Å².